The Labute approximate surface area is 194 Å². The van der Waals surface area contributed by atoms with Crippen molar-refractivity contribution in [1.29, 1.82) is 0 Å². The average molecular weight is 460 g/mol. The van der Waals surface area contributed by atoms with Gasteiger partial charge in [-0.05, 0) is 48.4 Å². The van der Waals surface area contributed by atoms with E-state index in [1.54, 1.807) is 41.4 Å². The third kappa shape index (κ3) is 3.90. The van der Waals surface area contributed by atoms with Gasteiger partial charge in [0, 0.05) is 29.0 Å². The molecule has 0 spiro atoms. The summed E-state index contributed by atoms with van der Waals surface area (Å²) in [5.74, 6) is -0.298. The molecule has 5 nitrogen and oxygen atoms in total. The van der Waals surface area contributed by atoms with Gasteiger partial charge in [-0.3, -0.25) is 9.59 Å². The van der Waals surface area contributed by atoms with E-state index in [1.807, 2.05) is 36.4 Å². The number of aromatic nitrogens is 1. The fraction of sp³-hybridized carbons (Fsp3) is 0.0800. The van der Waals surface area contributed by atoms with E-state index in [0.717, 1.165) is 17.7 Å². The number of nitrogens with one attached hydrogen (secondary N) is 1. The first-order valence-electron chi connectivity index (χ1n) is 10.1. The molecular formula is C25H18ClN3O2S. The zero-order chi connectivity index (χ0) is 22.1. The molecule has 0 saturated carbocycles. The summed E-state index contributed by atoms with van der Waals surface area (Å²) in [6.07, 6.45) is 2.41. The van der Waals surface area contributed by atoms with Gasteiger partial charge in [0.2, 0.25) is 0 Å². The Hall–Kier alpha value is -3.48. The molecule has 0 radical (unpaired) electrons. The number of thiazole rings is 1. The molecule has 3 aromatic carbocycles. The van der Waals surface area contributed by atoms with Gasteiger partial charge in [0.25, 0.3) is 11.8 Å². The Morgan fingerprint density at radius 3 is 2.53 bits per heavy atom. The molecule has 1 aromatic heterocycles. The predicted molar refractivity (Wildman–Crippen MR) is 129 cm³/mol. The molecule has 0 unspecified atom stereocenters. The Morgan fingerprint density at radius 1 is 0.969 bits per heavy atom. The van der Waals surface area contributed by atoms with Crippen LogP contribution in [0.15, 0.2) is 79.0 Å². The summed E-state index contributed by atoms with van der Waals surface area (Å²) in [7, 11) is 0. The largest absolute Gasteiger partial charge is 0.321 e. The maximum absolute atomic E-state index is 13.0. The lowest BCUT2D eigenvalue weighted by Gasteiger charge is -2.17. The first-order valence-corrected chi connectivity index (χ1v) is 11.3. The summed E-state index contributed by atoms with van der Waals surface area (Å²) >= 11 is 7.51. The van der Waals surface area contributed by atoms with Crippen LogP contribution in [0.25, 0.3) is 10.6 Å². The van der Waals surface area contributed by atoms with Gasteiger partial charge in [-0.25, -0.2) is 4.98 Å². The smallest absolute Gasteiger partial charge is 0.267 e. The number of amides is 2. The van der Waals surface area contributed by atoms with E-state index in [9.17, 15) is 9.59 Å². The molecule has 0 saturated heterocycles. The number of nitrogens with zero attached hydrogens (tertiary/aromatic N) is 2. The van der Waals surface area contributed by atoms with Crippen molar-refractivity contribution in [3.05, 3.63) is 100 Å². The van der Waals surface area contributed by atoms with Crippen LogP contribution < -0.4 is 10.2 Å². The van der Waals surface area contributed by atoms with Gasteiger partial charge in [0.05, 0.1) is 11.2 Å². The monoisotopic (exact) mass is 459 g/mol. The van der Waals surface area contributed by atoms with Crippen molar-refractivity contribution < 1.29 is 9.59 Å². The van der Waals surface area contributed by atoms with Crippen LogP contribution in [0.3, 0.4) is 0 Å². The lowest BCUT2D eigenvalue weighted by atomic mass is 10.1. The first-order chi connectivity index (χ1) is 15.6. The van der Waals surface area contributed by atoms with E-state index >= 15 is 0 Å². The number of carbonyl (C=O) groups excluding carboxylic acids is 2. The highest BCUT2D eigenvalue weighted by molar-refractivity contribution is 7.17. The van der Waals surface area contributed by atoms with Crippen molar-refractivity contribution in [2.24, 2.45) is 0 Å². The average Bonchev–Trinajstić information content (AvgIpc) is 3.47. The van der Waals surface area contributed by atoms with Gasteiger partial charge in [-0.1, -0.05) is 48.0 Å². The minimum absolute atomic E-state index is 0.0420. The minimum Gasteiger partial charge on any atom is -0.321 e. The maximum atomic E-state index is 13.0. The van der Waals surface area contributed by atoms with Crippen LogP contribution in [0.2, 0.25) is 5.02 Å². The van der Waals surface area contributed by atoms with Crippen LogP contribution in [-0.2, 0) is 6.42 Å². The number of hydrogen-bond donors (Lipinski definition) is 1. The molecule has 1 aliphatic rings. The number of para-hydroxylation sites is 1. The maximum Gasteiger partial charge on any atom is 0.267 e. The summed E-state index contributed by atoms with van der Waals surface area (Å²) in [6, 6.07) is 22.3. The summed E-state index contributed by atoms with van der Waals surface area (Å²) in [5, 5.41) is 4.14. The van der Waals surface area contributed by atoms with Crippen LogP contribution in [-0.4, -0.2) is 23.3 Å². The number of halogens is 1. The van der Waals surface area contributed by atoms with E-state index in [-0.39, 0.29) is 11.8 Å². The number of anilines is 2. The molecule has 158 valence electrons. The Morgan fingerprint density at radius 2 is 1.72 bits per heavy atom. The quantitative estimate of drug-likeness (QED) is 0.412. The van der Waals surface area contributed by atoms with Crippen molar-refractivity contribution in [3.63, 3.8) is 0 Å². The van der Waals surface area contributed by atoms with Crippen LogP contribution in [0.5, 0.6) is 0 Å². The number of benzene rings is 3. The van der Waals surface area contributed by atoms with Gasteiger partial charge in [0.1, 0.15) is 9.88 Å². The highest BCUT2D eigenvalue weighted by atomic mass is 35.5. The van der Waals surface area contributed by atoms with Gasteiger partial charge in [-0.2, -0.15) is 0 Å². The lowest BCUT2D eigenvalue weighted by molar-refractivity contribution is 0.0988. The van der Waals surface area contributed by atoms with E-state index in [0.29, 0.717) is 32.7 Å². The zero-order valence-electron chi connectivity index (χ0n) is 16.9. The van der Waals surface area contributed by atoms with Crippen LogP contribution in [0.4, 0.5) is 11.4 Å². The second-order valence-electron chi connectivity index (χ2n) is 7.38. The second kappa shape index (κ2) is 8.57. The summed E-state index contributed by atoms with van der Waals surface area (Å²) in [4.78, 5) is 32.2. The first kappa shape index (κ1) is 20.4. The molecule has 5 rings (SSSR count). The summed E-state index contributed by atoms with van der Waals surface area (Å²) in [6.45, 7) is 0.676. The summed E-state index contributed by atoms with van der Waals surface area (Å²) < 4.78 is 0. The molecule has 0 bridgehead atoms. The topological polar surface area (TPSA) is 62.3 Å². The molecular weight excluding hydrogens is 442 g/mol. The molecule has 0 fully saturated rings. The minimum atomic E-state index is -0.256. The molecule has 2 heterocycles. The molecule has 7 heteroatoms. The second-order valence-corrected chi connectivity index (χ2v) is 8.81. The fourth-order valence-corrected chi connectivity index (χ4v) is 4.86. The third-order valence-corrected chi connectivity index (χ3v) is 6.71. The van der Waals surface area contributed by atoms with Crippen LogP contribution in [0.1, 0.15) is 25.6 Å². The van der Waals surface area contributed by atoms with Crippen LogP contribution in [0, 0.1) is 0 Å². The fourth-order valence-electron chi connectivity index (χ4n) is 3.73. The molecule has 4 aromatic rings. The van der Waals surface area contributed by atoms with Gasteiger partial charge in [-0.15, -0.1) is 11.3 Å². The van der Waals surface area contributed by atoms with Crippen molar-refractivity contribution in [2.45, 2.75) is 6.42 Å². The normalized spacial score (nSPS) is 12.5. The van der Waals surface area contributed by atoms with E-state index < -0.39 is 0 Å². The molecule has 32 heavy (non-hydrogen) atoms. The zero-order valence-corrected chi connectivity index (χ0v) is 18.5. The molecule has 2 amide bonds. The number of fused-ring (bicyclic) bond motifs is 1. The highest BCUT2D eigenvalue weighted by Gasteiger charge is 2.25. The van der Waals surface area contributed by atoms with Crippen molar-refractivity contribution in [3.8, 4) is 10.6 Å². The number of carbonyl (C=O) groups is 2. The van der Waals surface area contributed by atoms with Crippen molar-refractivity contribution in [1.82, 2.24) is 4.98 Å². The van der Waals surface area contributed by atoms with E-state index in [1.165, 1.54) is 16.9 Å². The molecule has 0 aliphatic carbocycles. The SMILES string of the molecule is O=C(Nc1ccc(C(=O)N2CCc3ccccc32)cc1)c1cnc(-c2ccccc2Cl)s1. The predicted octanol–water partition coefficient (Wildman–Crippen LogP) is 5.92. The standard InChI is InChI=1S/C25H18ClN3O2S/c26-20-7-3-2-6-19(20)24-27-15-22(32-24)23(30)28-18-11-9-17(10-12-18)25(31)29-14-13-16-5-1-4-8-21(16)29/h1-12,15H,13-14H2,(H,28,30). The molecule has 1 N–H and O–H groups in total. The molecule has 1 aliphatic heterocycles. The van der Waals surface area contributed by atoms with E-state index in [2.05, 4.69) is 16.4 Å². The number of hydrogen-bond acceptors (Lipinski definition) is 4. The van der Waals surface area contributed by atoms with Crippen molar-refractivity contribution >= 4 is 46.1 Å². The lowest BCUT2D eigenvalue weighted by Crippen LogP contribution is -2.28. The molecule has 0 atom stereocenters. The summed E-state index contributed by atoms with van der Waals surface area (Å²) in [5.41, 5.74) is 4.14. The van der Waals surface area contributed by atoms with E-state index in [4.69, 9.17) is 11.6 Å². The number of rotatable bonds is 4. The van der Waals surface area contributed by atoms with Gasteiger partial charge in [0.15, 0.2) is 0 Å². The van der Waals surface area contributed by atoms with Gasteiger partial charge < -0.3 is 10.2 Å². The van der Waals surface area contributed by atoms with Gasteiger partial charge >= 0.3 is 0 Å². The Bertz CT molecular complexity index is 1320. The Balaban J connectivity index is 1.28. The van der Waals surface area contributed by atoms with Crippen molar-refractivity contribution in [2.75, 3.05) is 16.8 Å². The Kier molecular flexibility index (Phi) is 5.47. The highest BCUT2D eigenvalue weighted by Crippen LogP contribution is 2.32. The van der Waals surface area contributed by atoms with Crippen LogP contribution >= 0.6 is 22.9 Å². The third-order valence-electron chi connectivity index (χ3n) is 5.36.